The van der Waals surface area contributed by atoms with Crippen LogP contribution < -0.4 is 5.73 Å². The number of nitrogens with zero attached hydrogens (tertiary/aromatic N) is 1. The third kappa shape index (κ3) is 1.85. The molecule has 3 unspecified atom stereocenters. The Balaban J connectivity index is 2.06. The van der Waals surface area contributed by atoms with Gasteiger partial charge in [-0.15, -0.1) is 0 Å². The van der Waals surface area contributed by atoms with Crippen molar-refractivity contribution < 1.29 is 4.74 Å². The molecule has 0 bridgehead atoms. The first-order valence-electron chi connectivity index (χ1n) is 6.52. The number of fused-ring (bicyclic) bond motifs is 1. The van der Waals surface area contributed by atoms with Crippen LogP contribution in [0, 0.1) is 11.3 Å². The molecule has 1 aliphatic carbocycles. The van der Waals surface area contributed by atoms with Gasteiger partial charge in [0.1, 0.15) is 0 Å². The topological polar surface area (TPSA) is 38.5 Å². The zero-order valence-corrected chi connectivity index (χ0v) is 11.6. The highest BCUT2D eigenvalue weighted by molar-refractivity contribution is 5.21. The van der Waals surface area contributed by atoms with Crippen molar-refractivity contribution in [3.8, 4) is 0 Å². The molecule has 0 amide bonds. The minimum absolute atomic E-state index is 0.0809. The molecule has 0 aromatic heterocycles. The number of rotatable bonds is 4. The Morgan fingerprint density at radius 1 is 1.53 bits per heavy atom. The van der Waals surface area contributed by atoms with Crippen molar-refractivity contribution in [2.24, 2.45) is 17.1 Å². The third-order valence-corrected chi connectivity index (χ3v) is 4.74. The van der Waals surface area contributed by atoms with Crippen LogP contribution in [0.5, 0.6) is 0 Å². The maximum absolute atomic E-state index is 6.69. The van der Waals surface area contributed by atoms with E-state index in [0.717, 1.165) is 26.1 Å². The van der Waals surface area contributed by atoms with Crippen LogP contribution >= 0.6 is 0 Å². The number of hydrogen-bond donors (Lipinski definition) is 1. The molecule has 1 saturated carbocycles. The minimum atomic E-state index is -0.113. The summed E-state index contributed by atoms with van der Waals surface area (Å²) in [5.74, 6) is 0.532. The third-order valence-electron chi connectivity index (χ3n) is 4.74. The van der Waals surface area contributed by atoms with Gasteiger partial charge >= 0.3 is 0 Å². The van der Waals surface area contributed by atoms with Gasteiger partial charge in [-0.1, -0.05) is 26.0 Å². The summed E-state index contributed by atoms with van der Waals surface area (Å²) >= 11 is 0. The van der Waals surface area contributed by atoms with Crippen LogP contribution in [0.2, 0.25) is 0 Å². The first-order chi connectivity index (χ1) is 7.79. The SMILES string of the molecule is C=C(C)CN(C)CC1(N)C2CCOC2C1(C)C. The second-order valence-electron chi connectivity index (χ2n) is 6.58. The van der Waals surface area contributed by atoms with Crippen LogP contribution in [-0.4, -0.2) is 43.3 Å². The average molecular weight is 238 g/mol. The van der Waals surface area contributed by atoms with Crippen LogP contribution in [0.4, 0.5) is 0 Å². The highest BCUT2D eigenvalue weighted by atomic mass is 16.5. The van der Waals surface area contributed by atoms with Crippen LogP contribution in [0.3, 0.4) is 0 Å². The van der Waals surface area contributed by atoms with E-state index in [4.69, 9.17) is 10.5 Å². The maximum atomic E-state index is 6.69. The summed E-state index contributed by atoms with van der Waals surface area (Å²) in [6, 6.07) is 0. The summed E-state index contributed by atoms with van der Waals surface area (Å²) in [5, 5.41) is 0. The highest BCUT2D eigenvalue weighted by Gasteiger charge is 2.67. The van der Waals surface area contributed by atoms with Crippen LogP contribution in [0.25, 0.3) is 0 Å². The summed E-state index contributed by atoms with van der Waals surface area (Å²) in [6.07, 6.45) is 1.48. The molecule has 17 heavy (non-hydrogen) atoms. The van der Waals surface area contributed by atoms with E-state index in [1.165, 1.54) is 5.57 Å². The average Bonchev–Trinajstić information content (AvgIpc) is 2.62. The van der Waals surface area contributed by atoms with Crippen LogP contribution in [0.1, 0.15) is 27.2 Å². The number of nitrogens with two attached hydrogens (primary N) is 1. The maximum Gasteiger partial charge on any atom is 0.0691 e. The van der Waals surface area contributed by atoms with Crippen LogP contribution in [0.15, 0.2) is 12.2 Å². The van der Waals surface area contributed by atoms with Crippen molar-refractivity contribution in [1.29, 1.82) is 0 Å². The van der Waals surface area contributed by atoms with E-state index >= 15 is 0 Å². The molecule has 0 radical (unpaired) electrons. The van der Waals surface area contributed by atoms with Crippen molar-refractivity contribution in [2.75, 3.05) is 26.7 Å². The fourth-order valence-electron chi connectivity index (χ4n) is 3.76. The molecule has 2 fully saturated rings. The van der Waals surface area contributed by atoms with Gasteiger partial charge < -0.3 is 15.4 Å². The predicted octanol–water partition coefficient (Wildman–Crippen LogP) is 1.64. The van der Waals surface area contributed by atoms with Crippen molar-refractivity contribution in [1.82, 2.24) is 4.90 Å². The van der Waals surface area contributed by atoms with Gasteiger partial charge in [0, 0.05) is 36.6 Å². The van der Waals surface area contributed by atoms with E-state index in [9.17, 15) is 0 Å². The van der Waals surface area contributed by atoms with Gasteiger partial charge in [-0.2, -0.15) is 0 Å². The fourth-order valence-corrected chi connectivity index (χ4v) is 3.76. The Kier molecular flexibility index (Phi) is 3.13. The number of ether oxygens (including phenoxy) is 1. The standard InChI is InChI=1S/C14H26N2O/c1-10(2)8-16(5)9-14(15)11-6-7-17-12(11)13(14,3)4/h11-12H,1,6-9,15H2,2-5H3. The normalized spacial score (nSPS) is 38.9. The first kappa shape index (κ1) is 13.1. The molecule has 1 saturated heterocycles. The van der Waals surface area contributed by atoms with Crippen LogP contribution in [-0.2, 0) is 4.74 Å². The Hall–Kier alpha value is -0.380. The second-order valence-corrected chi connectivity index (χ2v) is 6.58. The van der Waals surface area contributed by atoms with Crippen molar-refractivity contribution >= 4 is 0 Å². The Morgan fingerprint density at radius 2 is 2.18 bits per heavy atom. The lowest BCUT2D eigenvalue weighted by Gasteiger charge is -2.63. The summed E-state index contributed by atoms with van der Waals surface area (Å²) in [5.41, 5.74) is 7.85. The first-order valence-corrected chi connectivity index (χ1v) is 6.52. The molecule has 2 rings (SSSR count). The smallest absolute Gasteiger partial charge is 0.0691 e. The molecular formula is C14H26N2O. The van der Waals surface area contributed by atoms with Crippen molar-refractivity contribution in [2.45, 2.75) is 38.8 Å². The molecule has 1 aliphatic heterocycles. The number of likely N-dealkylation sites (N-methyl/N-ethyl adjacent to an activating group) is 1. The molecule has 0 spiro atoms. The monoisotopic (exact) mass is 238 g/mol. The van der Waals surface area contributed by atoms with Gasteiger partial charge in [-0.3, -0.25) is 0 Å². The van der Waals surface area contributed by atoms with E-state index in [-0.39, 0.29) is 11.0 Å². The van der Waals surface area contributed by atoms with E-state index in [1.807, 2.05) is 0 Å². The summed E-state index contributed by atoms with van der Waals surface area (Å²) in [6.45, 7) is 13.2. The minimum Gasteiger partial charge on any atom is -0.377 e. The van der Waals surface area contributed by atoms with Gasteiger partial charge in [-0.25, -0.2) is 0 Å². The van der Waals surface area contributed by atoms with E-state index in [1.54, 1.807) is 0 Å². The Bertz CT molecular complexity index is 326. The van der Waals surface area contributed by atoms with Gasteiger partial charge in [0.15, 0.2) is 0 Å². The summed E-state index contributed by atoms with van der Waals surface area (Å²) in [4.78, 5) is 2.29. The van der Waals surface area contributed by atoms with Gasteiger partial charge in [-0.05, 0) is 20.4 Å². The zero-order chi connectivity index (χ0) is 12.8. The molecule has 0 aromatic rings. The number of hydrogen-bond acceptors (Lipinski definition) is 3. The summed E-state index contributed by atoms with van der Waals surface area (Å²) in [7, 11) is 2.13. The molecule has 3 nitrogen and oxygen atoms in total. The summed E-state index contributed by atoms with van der Waals surface area (Å²) < 4.78 is 5.81. The lowest BCUT2D eigenvalue weighted by molar-refractivity contribution is -0.161. The molecule has 3 heteroatoms. The second kappa shape index (κ2) is 4.08. The predicted molar refractivity (Wildman–Crippen MR) is 70.9 cm³/mol. The van der Waals surface area contributed by atoms with E-state index in [2.05, 4.69) is 39.3 Å². The van der Waals surface area contributed by atoms with Gasteiger partial charge in [0.05, 0.1) is 6.10 Å². The van der Waals surface area contributed by atoms with E-state index in [0.29, 0.717) is 12.0 Å². The molecule has 1 heterocycles. The van der Waals surface area contributed by atoms with Crippen molar-refractivity contribution in [3.05, 3.63) is 12.2 Å². The fraction of sp³-hybridized carbons (Fsp3) is 0.857. The Labute approximate surface area is 105 Å². The van der Waals surface area contributed by atoms with Gasteiger partial charge in [0.25, 0.3) is 0 Å². The zero-order valence-electron chi connectivity index (χ0n) is 11.6. The highest BCUT2D eigenvalue weighted by Crippen LogP contribution is 2.58. The Morgan fingerprint density at radius 3 is 2.76 bits per heavy atom. The molecule has 0 aromatic carbocycles. The molecule has 3 atom stereocenters. The lowest BCUT2D eigenvalue weighted by atomic mass is 9.48. The molecule has 2 N–H and O–H groups in total. The largest absolute Gasteiger partial charge is 0.377 e. The van der Waals surface area contributed by atoms with Gasteiger partial charge in [0.2, 0.25) is 0 Å². The quantitative estimate of drug-likeness (QED) is 0.757. The van der Waals surface area contributed by atoms with E-state index < -0.39 is 0 Å². The molecule has 2 aliphatic rings. The molecular weight excluding hydrogens is 212 g/mol. The van der Waals surface area contributed by atoms with Crippen molar-refractivity contribution in [3.63, 3.8) is 0 Å². The lowest BCUT2D eigenvalue weighted by Crippen LogP contribution is -2.78. The molecule has 98 valence electrons.